The Balaban J connectivity index is 1.51. The van der Waals surface area contributed by atoms with Gasteiger partial charge in [-0.1, -0.05) is 24.3 Å². The van der Waals surface area contributed by atoms with Gasteiger partial charge in [-0.2, -0.15) is 0 Å². The van der Waals surface area contributed by atoms with Crippen molar-refractivity contribution in [1.82, 2.24) is 5.32 Å². The molecule has 0 fully saturated rings. The number of phenols is 1. The van der Waals surface area contributed by atoms with Gasteiger partial charge in [-0.05, 0) is 47.8 Å². The fraction of sp³-hybridized carbons (Fsp3) is 0.154. The molecule has 9 heteroatoms. The Morgan fingerprint density at radius 1 is 1.06 bits per heavy atom. The third-order valence-electron chi connectivity index (χ3n) is 5.47. The summed E-state index contributed by atoms with van der Waals surface area (Å²) in [6, 6.07) is 19.4. The van der Waals surface area contributed by atoms with Gasteiger partial charge in [-0.3, -0.25) is 14.5 Å². The molecule has 2 aromatic carbocycles. The fourth-order valence-corrected chi connectivity index (χ4v) is 4.66. The number of aromatic hydroxyl groups is 1. The van der Waals surface area contributed by atoms with Gasteiger partial charge in [0.15, 0.2) is 11.5 Å². The van der Waals surface area contributed by atoms with E-state index >= 15 is 0 Å². The number of phenolic OH excluding ortho intramolecular Hbond substituents is 1. The second kappa shape index (κ2) is 9.94. The molecule has 0 spiro atoms. The van der Waals surface area contributed by atoms with E-state index in [1.807, 2.05) is 17.5 Å². The lowest BCUT2D eigenvalue weighted by Gasteiger charge is -2.34. The largest absolute Gasteiger partial charge is 0.508 e. The number of nitrogens with one attached hydrogen (secondary N) is 1. The molecule has 178 valence electrons. The summed E-state index contributed by atoms with van der Waals surface area (Å²) in [5, 5.41) is 14.9. The SMILES string of the molecule is O=C(NCc1ccco1)[C@@H](c1cccs1)N(C(=O)[C@H]1COc2ccccc2O1)c1cccc(O)c1. The van der Waals surface area contributed by atoms with Crippen LogP contribution >= 0.6 is 11.3 Å². The molecule has 8 nitrogen and oxygen atoms in total. The van der Waals surface area contributed by atoms with E-state index in [4.69, 9.17) is 13.9 Å². The van der Waals surface area contributed by atoms with Gasteiger partial charge in [0.25, 0.3) is 5.91 Å². The number of carbonyl (C=O) groups excluding carboxylic acids is 2. The molecule has 5 rings (SSSR count). The van der Waals surface area contributed by atoms with E-state index < -0.39 is 24.0 Å². The van der Waals surface area contributed by atoms with Crippen molar-refractivity contribution in [2.75, 3.05) is 11.5 Å². The number of furan rings is 1. The molecule has 0 bridgehead atoms. The van der Waals surface area contributed by atoms with Crippen LogP contribution in [0.1, 0.15) is 16.7 Å². The number of ether oxygens (including phenoxy) is 2. The van der Waals surface area contributed by atoms with Crippen LogP contribution in [0.25, 0.3) is 0 Å². The van der Waals surface area contributed by atoms with Gasteiger partial charge < -0.3 is 24.3 Å². The molecular weight excluding hydrogens is 468 g/mol. The smallest absolute Gasteiger partial charge is 0.272 e. The lowest BCUT2D eigenvalue weighted by molar-refractivity contribution is -0.131. The fourth-order valence-electron chi connectivity index (χ4n) is 3.85. The molecule has 4 aromatic rings. The van der Waals surface area contributed by atoms with E-state index in [2.05, 4.69) is 5.32 Å². The molecule has 1 aliphatic rings. The first-order chi connectivity index (χ1) is 17.1. The van der Waals surface area contributed by atoms with Gasteiger partial charge in [0.05, 0.1) is 12.8 Å². The van der Waals surface area contributed by atoms with E-state index in [1.165, 1.54) is 34.6 Å². The number of anilines is 1. The number of thiophene rings is 1. The third-order valence-corrected chi connectivity index (χ3v) is 6.39. The number of hydrogen-bond acceptors (Lipinski definition) is 7. The van der Waals surface area contributed by atoms with Crippen molar-refractivity contribution in [2.24, 2.45) is 0 Å². The van der Waals surface area contributed by atoms with Crippen molar-refractivity contribution < 1.29 is 28.6 Å². The second-order valence-corrected chi connectivity index (χ2v) is 8.79. The first kappa shape index (κ1) is 22.5. The summed E-state index contributed by atoms with van der Waals surface area (Å²) in [7, 11) is 0. The van der Waals surface area contributed by atoms with Crippen molar-refractivity contribution in [3.8, 4) is 17.2 Å². The average Bonchev–Trinajstić information content (AvgIpc) is 3.60. The number of hydrogen-bond donors (Lipinski definition) is 2. The maximum atomic E-state index is 13.9. The van der Waals surface area contributed by atoms with Crippen LogP contribution in [0.5, 0.6) is 17.2 Å². The molecule has 0 saturated heterocycles. The number of para-hydroxylation sites is 2. The Hall–Kier alpha value is -4.24. The van der Waals surface area contributed by atoms with Crippen molar-refractivity contribution in [2.45, 2.75) is 18.7 Å². The highest BCUT2D eigenvalue weighted by molar-refractivity contribution is 7.10. The zero-order chi connectivity index (χ0) is 24.2. The Morgan fingerprint density at radius 3 is 2.66 bits per heavy atom. The number of rotatable bonds is 7. The lowest BCUT2D eigenvalue weighted by atomic mass is 10.1. The number of carbonyl (C=O) groups is 2. The molecular formula is C26H22N2O6S. The van der Waals surface area contributed by atoms with Crippen molar-refractivity contribution in [3.63, 3.8) is 0 Å². The molecule has 1 aliphatic heterocycles. The molecule has 0 saturated carbocycles. The van der Waals surface area contributed by atoms with E-state index in [1.54, 1.807) is 48.5 Å². The van der Waals surface area contributed by atoms with Crippen LogP contribution in [0.15, 0.2) is 88.9 Å². The zero-order valence-electron chi connectivity index (χ0n) is 18.5. The first-order valence-corrected chi connectivity index (χ1v) is 11.8. The average molecular weight is 491 g/mol. The summed E-state index contributed by atoms with van der Waals surface area (Å²) in [4.78, 5) is 29.5. The molecule has 35 heavy (non-hydrogen) atoms. The first-order valence-electron chi connectivity index (χ1n) is 10.9. The Morgan fingerprint density at radius 2 is 1.91 bits per heavy atom. The molecule has 0 unspecified atom stereocenters. The maximum Gasteiger partial charge on any atom is 0.272 e. The summed E-state index contributed by atoms with van der Waals surface area (Å²) in [5.74, 6) is 0.662. The minimum atomic E-state index is -1.01. The van der Waals surface area contributed by atoms with E-state index in [-0.39, 0.29) is 18.9 Å². The molecule has 0 radical (unpaired) electrons. The second-order valence-electron chi connectivity index (χ2n) is 7.81. The van der Waals surface area contributed by atoms with Crippen LogP contribution in [0, 0.1) is 0 Å². The van der Waals surface area contributed by atoms with Crippen molar-refractivity contribution in [1.29, 1.82) is 0 Å². The highest BCUT2D eigenvalue weighted by Gasteiger charge is 2.39. The number of fused-ring (bicyclic) bond motifs is 1. The van der Waals surface area contributed by atoms with E-state index in [9.17, 15) is 14.7 Å². The van der Waals surface area contributed by atoms with E-state index in [0.29, 0.717) is 27.8 Å². The lowest BCUT2D eigenvalue weighted by Crippen LogP contribution is -2.51. The van der Waals surface area contributed by atoms with Crippen molar-refractivity contribution >= 4 is 28.8 Å². The molecule has 2 amide bonds. The van der Waals surface area contributed by atoms with Crippen LogP contribution in [-0.4, -0.2) is 29.6 Å². The van der Waals surface area contributed by atoms with Crippen LogP contribution in [0.2, 0.25) is 0 Å². The predicted molar refractivity (Wildman–Crippen MR) is 130 cm³/mol. The highest BCUT2D eigenvalue weighted by atomic mass is 32.1. The van der Waals surface area contributed by atoms with Crippen molar-refractivity contribution in [3.05, 3.63) is 95.1 Å². The normalized spacial score (nSPS) is 15.3. The quantitative estimate of drug-likeness (QED) is 0.401. The van der Waals surface area contributed by atoms with E-state index in [0.717, 1.165) is 0 Å². The minimum Gasteiger partial charge on any atom is -0.508 e. The Labute approximate surface area is 205 Å². The van der Waals surface area contributed by atoms with Gasteiger partial charge in [0, 0.05) is 16.6 Å². The maximum absolute atomic E-state index is 13.9. The van der Waals surface area contributed by atoms with Crippen LogP contribution in [0.3, 0.4) is 0 Å². The minimum absolute atomic E-state index is 0.0175. The zero-order valence-corrected chi connectivity index (χ0v) is 19.3. The molecule has 0 aliphatic carbocycles. The molecule has 2 aromatic heterocycles. The van der Waals surface area contributed by atoms with Crippen LogP contribution in [0.4, 0.5) is 5.69 Å². The third kappa shape index (κ3) is 4.85. The topological polar surface area (TPSA) is 101 Å². The van der Waals surface area contributed by atoms with Gasteiger partial charge in [-0.15, -0.1) is 11.3 Å². The predicted octanol–water partition coefficient (Wildman–Crippen LogP) is 4.28. The van der Waals surface area contributed by atoms with Gasteiger partial charge in [-0.25, -0.2) is 0 Å². The van der Waals surface area contributed by atoms with Gasteiger partial charge >= 0.3 is 0 Å². The summed E-state index contributed by atoms with van der Waals surface area (Å²) in [6.07, 6.45) is 0.534. The molecule has 2 atom stereocenters. The molecule has 2 N–H and O–H groups in total. The molecule has 3 heterocycles. The summed E-state index contributed by atoms with van der Waals surface area (Å²) in [6.45, 7) is 0.141. The summed E-state index contributed by atoms with van der Waals surface area (Å²) < 4.78 is 17.1. The van der Waals surface area contributed by atoms with Gasteiger partial charge in [0.2, 0.25) is 12.0 Å². The standard InChI is InChI=1S/C26H22N2O6S/c29-18-7-3-6-17(14-18)28(26(31)22-16-33-20-9-1-2-10-21(20)34-22)24(23-11-5-13-35-23)25(30)27-15-19-8-4-12-32-19/h1-14,22,24,29H,15-16H2,(H,27,30)/t22-,24-/m1/s1. The highest BCUT2D eigenvalue weighted by Crippen LogP contribution is 2.36. The Kier molecular flexibility index (Phi) is 6.40. The Bertz CT molecular complexity index is 1310. The summed E-state index contributed by atoms with van der Waals surface area (Å²) in [5.41, 5.74) is 0.351. The monoisotopic (exact) mass is 490 g/mol. The van der Waals surface area contributed by atoms with Crippen LogP contribution < -0.4 is 19.7 Å². The number of nitrogens with zero attached hydrogens (tertiary/aromatic N) is 1. The summed E-state index contributed by atoms with van der Waals surface area (Å²) >= 11 is 1.35. The van der Waals surface area contributed by atoms with Crippen LogP contribution in [-0.2, 0) is 16.1 Å². The number of amides is 2. The number of benzene rings is 2. The van der Waals surface area contributed by atoms with Gasteiger partial charge in [0.1, 0.15) is 24.2 Å².